The van der Waals surface area contributed by atoms with Crippen molar-refractivity contribution in [2.75, 3.05) is 7.05 Å². The van der Waals surface area contributed by atoms with Crippen molar-refractivity contribution >= 4 is 17.2 Å². The molecular formula is C11H8F3N3OS. The molecule has 19 heavy (non-hydrogen) atoms. The lowest BCUT2D eigenvalue weighted by Gasteiger charge is -2.04. The van der Waals surface area contributed by atoms with E-state index in [-0.39, 0.29) is 5.01 Å². The summed E-state index contributed by atoms with van der Waals surface area (Å²) >= 11 is 0.689. The second-order valence-electron chi connectivity index (χ2n) is 3.52. The maximum atomic E-state index is 12.8. The molecule has 2 heterocycles. The molecule has 2 aromatic heterocycles. The fourth-order valence-corrected chi connectivity index (χ4v) is 2.41. The Bertz CT molecular complexity index is 595. The molecule has 0 bridgehead atoms. The highest BCUT2D eigenvalue weighted by Crippen LogP contribution is 2.37. The van der Waals surface area contributed by atoms with Gasteiger partial charge < -0.3 is 5.32 Å². The summed E-state index contributed by atoms with van der Waals surface area (Å²) in [4.78, 5) is 18.3. The molecule has 2 aromatic rings. The molecule has 0 atom stereocenters. The summed E-state index contributed by atoms with van der Waals surface area (Å²) in [6.07, 6.45) is -1.77. The average molecular weight is 287 g/mol. The molecular weight excluding hydrogens is 279 g/mol. The van der Waals surface area contributed by atoms with Crippen molar-refractivity contribution in [3.8, 4) is 10.6 Å². The number of nitrogens with one attached hydrogen (secondary N) is 1. The maximum Gasteiger partial charge on any atom is 0.435 e. The summed E-state index contributed by atoms with van der Waals surface area (Å²) in [6.45, 7) is 0. The first-order chi connectivity index (χ1) is 8.93. The van der Waals surface area contributed by atoms with Crippen LogP contribution in [0, 0.1) is 0 Å². The molecule has 1 amide bonds. The van der Waals surface area contributed by atoms with Crippen molar-refractivity contribution in [1.82, 2.24) is 15.3 Å². The molecule has 0 unspecified atom stereocenters. The topological polar surface area (TPSA) is 54.9 Å². The highest BCUT2D eigenvalue weighted by molar-refractivity contribution is 7.17. The van der Waals surface area contributed by atoms with Crippen LogP contribution in [0.4, 0.5) is 13.2 Å². The number of thiazole rings is 1. The van der Waals surface area contributed by atoms with Gasteiger partial charge in [-0.1, -0.05) is 0 Å². The zero-order valence-electron chi connectivity index (χ0n) is 9.65. The van der Waals surface area contributed by atoms with Gasteiger partial charge in [-0.3, -0.25) is 9.78 Å². The Morgan fingerprint density at radius 2 is 2.16 bits per heavy atom. The quantitative estimate of drug-likeness (QED) is 0.923. The third-order valence-corrected chi connectivity index (χ3v) is 3.34. The van der Waals surface area contributed by atoms with Crippen LogP contribution in [0.2, 0.25) is 0 Å². The number of amides is 1. The van der Waals surface area contributed by atoms with E-state index in [1.807, 2.05) is 0 Å². The minimum Gasteiger partial charge on any atom is -0.354 e. The van der Waals surface area contributed by atoms with E-state index in [4.69, 9.17) is 0 Å². The third kappa shape index (κ3) is 2.73. The largest absolute Gasteiger partial charge is 0.435 e. The van der Waals surface area contributed by atoms with Gasteiger partial charge in [-0.2, -0.15) is 13.2 Å². The molecule has 0 aliphatic heterocycles. The summed E-state index contributed by atoms with van der Waals surface area (Å²) < 4.78 is 38.5. The fourth-order valence-electron chi connectivity index (χ4n) is 1.39. The molecule has 0 radical (unpaired) electrons. The molecule has 0 aliphatic rings. The Labute approximate surface area is 110 Å². The minimum absolute atomic E-state index is 0.110. The van der Waals surface area contributed by atoms with E-state index in [0.717, 1.165) is 0 Å². The lowest BCUT2D eigenvalue weighted by molar-refractivity contribution is -0.141. The van der Waals surface area contributed by atoms with Crippen LogP contribution in [-0.4, -0.2) is 22.9 Å². The summed E-state index contributed by atoms with van der Waals surface area (Å²) in [6, 6.07) is 3.17. The van der Waals surface area contributed by atoms with E-state index in [2.05, 4.69) is 15.3 Å². The first kappa shape index (κ1) is 13.5. The normalized spacial score (nSPS) is 11.4. The molecule has 0 aliphatic carbocycles. The van der Waals surface area contributed by atoms with Gasteiger partial charge in [-0.25, -0.2) is 4.98 Å². The molecule has 0 saturated heterocycles. The first-order valence-electron chi connectivity index (χ1n) is 5.14. The zero-order chi connectivity index (χ0) is 14.0. The summed E-state index contributed by atoms with van der Waals surface area (Å²) in [7, 11) is 1.27. The van der Waals surface area contributed by atoms with Crippen molar-refractivity contribution < 1.29 is 18.0 Å². The molecule has 8 heteroatoms. The van der Waals surface area contributed by atoms with Gasteiger partial charge >= 0.3 is 6.18 Å². The van der Waals surface area contributed by atoms with Gasteiger partial charge in [0.05, 0.1) is 0 Å². The summed E-state index contributed by atoms with van der Waals surface area (Å²) in [5, 5.41) is 2.28. The van der Waals surface area contributed by atoms with Crippen molar-refractivity contribution in [3.05, 3.63) is 35.1 Å². The monoisotopic (exact) mass is 287 g/mol. The zero-order valence-corrected chi connectivity index (χ0v) is 10.5. The molecule has 0 fully saturated rings. The second-order valence-corrected chi connectivity index (χ2v) is 4.51. The highest BCUT2D eigenvalue weighted by atomic mass is 32.1. The Balaban J connectivity index is 2.55. The van der Waals surface area contributed by atoms with Gasteiger partial charge in [0, 0.05) is 25.0 Å². The lowest BCUT2D eigenvalue weighted by Crippen LogP contribution is -2.21. The van der Waals surface area contributed by atoms with Crippen LogP contribution in [-0.2, 0) is 6.18 Å². The van der Waals surface area contributed by atoms with Gasteiger partial charge in [0.2, 0.25) is 0 Å². The SMILES string of the molecule is CNC(=O)c1sc(-c2cccnc2)nc1C(F)(F)F. The predicted molar refractivity (Wildman–Crippen MR) is 63.7 cm³/mol. The second kappa shape index (κ2) is 4.96. The van der Waals surface area contributed by atoms with Crippen molar-refractivity contribution in [2.45, 2.75) is 6.18 Å². The van der Waals surface area contributed by atoms with Crippen molar-refractivity contribution in [2.24, 2.45) is 0 Å². The first-order valence-corrected chi connectivity index (χ1v) is 5.95. The smallest absolute Gasteiger partial charge is 0.354 e. The highest BCUT2D eigenvalue weighted by Gasteiger charge is 2.39. The number of hydrogen-bond donors (Lipinski definition) is 1. The van der Waals surface area contributed by atoms with Crippen LogP contribution in [0.3, 0.4) is 0 Å². The summed E-state index contributed by atoms with van der Waals surface area (Å²) in [5.41, 5.74) is -0.733. The van der Waals surface area contributed by atoms with Crippen LogP contribution in [0.25, 0.3) is 10.6 Å². The Kier molecular flexibility index (Phi) is 3.52. The number of rotatable bonds is 2. The molecule has 1 N–H and O–H groups in total. The Morgan fingerprint density at radius 3 is 2.68 bits per heavy atom. The number of halogens is 3. The van der Waals surface area contributed by atoms with E-state index < -0.39 is 22.7 Å². The number of hydrogen-bond acceptors (Lipinski definition) is 4. The number of carbonyl (C=O) groups excluding carboxylic acids is 1. The van der Waals surface area contributed by atoms with Gasteiger partial charge in [0.25, 0.3) is 5.91 Å². The average Bonchev–Trinajstić information content (AvgIpc) is 2.84. The molecule has 0 aromatic carbocycles. The number of aromatic nitrogens is 2. The van der Waals surface area contributed by atoms with E-state index in [1.165, 1.54) is 19.4 Å². The third-order valence-electron chi connectivity index (χ3n) is 2.24. The predicted octanol–water partition coefficient (Wildman–Crippen LogP) is 2.58. The van der Waals surface area contributed by atoms with Crippen LogP contribution in [0.5, 0.6) is 0 Å². The lowest BCUT2D eigenvalue weighted by atomic mass is 10.3. The van der Waals surface area contributed by atoms with E-state index in [1.54, 1.807) is 12.1 Å². The number of pyridine rings is 1. The maximum absolute atomic E-state index is 12.8. The van der Waals surface area contributed by atoms with Gasteiger partial charge in [-0.05, 0) is 12.1 Å². The number of carbonyl (C=O) groups is 1. The standard InChI is InChI=1S/C11H8F3N3OS/c1-15-9(18)7-8(11(12,13)14)17-10(19-7)6-3-2-4-16-5-6/h2-5H,1H3,(H,15,18). The number of alkyl halides is 3. The molecule has 0 spiro atoms. The molecule has 2 rings (SSSR count). The van der Waals surface area contributed by atoms with E-state index in [0.29, 0.717) is 16.9 Å². The Hall–Kier alpha value is -1.96. The fraction of sp³-hybridized carbons (Fsp3) is 0.182. The number of nitrogens with zero attached hydrogens (tertiary/aromatic N) is 2. The minimum atomic E-state index is -4.67. The van der Waals surface area contributed by atoms with Gasteiger partial charge in [0.15, 0.2) is 5.69 Å². The van der Waals surface area contributed by atoms with E-state index in [9.17, 15) is 18.0 Å². The molecule has 0 saturated carbocycles. The van der Waals surface area contributed by atoms with Crippen LogP contribution < -0.4 is 5.32 Å². The molecule has 100 valence electrons. The van der Waals surface area contributed by atoms with Gasteiger partial charge in [0.1, 0.15) is 9.88 Å². The van der Waals surface area contributed by atoms with Crippen LogP contribution in [0.1, 0.15) is 15.4 Å². The van der Waals surface area contributed by atoms with Gasteiger partial charge in [-0.15, -0.1) is 11.3 Å². The van der Waals surface area contributed by atoms with E-state index >= 15 is 0 Å². The van der Waals surface area contributed by atoms with Crippen LogP contribution >= 0.6 is 11.3 Å². The molecule has 4 nitrogen and oxygen atoms in total. The summed E-state index contributed by atoms with van der Waals surface area (Å²) in [5.74, 6) is -0.806. The van der Waals surface area contributed by atoms with Crippen molar-refractivity contribution in [3.63, 3.8) is 0 Å². The van der Waals surface area contributed by atoms with Crippen molar-refractivity contribution in [1.29, 1.82) is 0 Å². The Morgan fingerprint density at radius 1 is 1.42 bits per heavy atom. The van der Waals surface area contributed by atoms with Crippen LogP contribution in [0.15, 0.2) is 24.5 Å².